The Bertz CT molecular complexity index is 1090. The number of nitrogens with zero attached hydrogens (tertiary/aromatic N) is 1. The lowest BCUT2D eigenvalue weighted by Crippen LogP contribution is -2.14. The molecule has 0 fully saturated rings. The number of hydrogen-bond donors (Lipinski definition) is 1. The lowest BCUT2D eigenvalue weighted by molar-refractivity contribution is -0.112. The van der Waals surface area contributed by atoms with E-state index in [0.717, 1.165) is 33.2 Å². The summed E-state index contributed by atoms with van der Waals surface area (Å²) in [6.45, 7) is 3.92. The lowest BCUT2D eigenvalue weighted by atomic mass is 10.0. The van der Waals surface area contributed by atoms with Gasteiger partial charge in [-0.3, -0.25) is 4.79 Å². The van der Waals surface area contributed by atoms with Crippen LogP contribution in [0.1, 0.15) is 16.7 Å². The standard InChI is InChI=1S/C23H20N2O2/c1-15-4-9-22(16(2)10-15)25-23(26)20(14-24)12-17-5-6-19-13-21(27-3)8-7-18(19)11-17/h4-13H,1-3H3,(H,25,26)/b20-12+. The van der Waals surface area contributed by atoms with Crippen molar-refractivity contribution in [1.82, 2.24) is 0 Å². The van der Waals surface area contributed by atoms with E-state index in [-0.39, 0.29) is 5.57 Å². The smallest absolute Gasteiger partial charge is 0.266 e. The molecule has 4 nitrogen and oxygen atoms in total. The molecule has 0 unspecified atom stereocenters. The minimum atomic E-state index is -0.417. The highest BCUT2D eigenvalue weighted by Gasteiger charge is 2.11. The summed E-state index contributed by atoms with van der Waals surface area (Å²) in [6, 6.07) is 19.3. The third-order valence-corrected chi connectivity index (χ3v) is 4.38. The molecule has 0 heterocycles. The number of carbonyl (C=O) groups is 1. The predicted octanol–water partition coefficient (Wildman–Crippen LogP) is 5.01. The van der Waals surface area contributed by atoms with Crippen molar-refractivity contribution in [2.75, 3.05) is 12.4 Å². The molecule has 3 rings (SSSR count). The van der Waals surface area contributed by atoms with Gasteiger partial charge in [0, 0.05) is 5.69 Å². The largest absolute Gasteiger partial charge is 0.497 e. The fourth-order valence-electron chi connectivity index (χ4n) is 2.92. The molecule has 4 heteroatoms. The second-order valence-electron chi connectivity index (χ2n) is 6.41. The van der Waals surface area contributed by atoms with E-state index < -0.39 is 5.91 Å². The molecule has 1 N–H and O–H groups in total. The third kappa shape index (κ3) is 4.16. The predicted molar refractivity (Wildman–Crippen MR) is 109 cm³/mol. The van der Waals surface area contributed by atoms with Crippen LogP contribution in [-0.2, 0) is 4.79 Å². The maximum absolute atomic E-state index is 12.5. The number of amides is 1. The van der Waals surface area contributed by atoms with Crippen LogP contribution in [0.3, 0.4) is 0 Å². The Balaban J connectivity index is 1.88. The number of carbonyl (C=O) groups excluding carboxylic acids is 1. The van der Waals surface area contributed by atoms with Gasteiger partial charge < -0.3 is 10.1 Å². The van der Waals surface area contributed by atoms with Gasteiger partial charge in [-0.05, 0) is 66.1 Å². The van der Waals surface area contributed by atoms with Gasteiger partial charge in [0.15, 0.2) is 0 Å². The maximum Gasteiger partial charge on any atom is 0.266 e. The van der Waals surface area contributed by atoms with Gasteiger partial charge in [0.25, 0.3) is 5.91 Å². The number of nitrogens with one attached hydrogen (secondary N) is 1. The first kappa shape index (κ1) is 18.2. The lowest BCUT2D eigenvalue weighted by Gasteiger charge is -2.09. The van der Waals surface area contributed by atoms with Crippen LogP contribution in [-0.4, -0.2) is 13.0 Å². The van der Waals surface area contributed by atoms with Gasteiger partial charge in [0.1, 0.15) is 17.4 Å². The van der Waals surface area contributed by atoms with E-state index in [0.29, 0.717) is 5.69 Å². The van der Waals surface area contributed by atoms with Crippen molar-refractivity contribution in [2.24, 2.45) is 0 Å². The summed E-state index contributed by atoms with van der Waals surface area (Å²) >= 11 is 0. The molecule has 0 saturated heterocycles. The van der Waals surface area contributed by atoms with Gasteiger partial charge in [-0.15, -0.1) is 0 Å². The molecule has 0 spiro atoms. The SMILES string of the molecule is COc1ccc2cc(/C=C(\C#N)C(=O)Nc3ccc(C)cc3C)ccc2c1. The van der Waals surface area contributed by atoms with Crippen molar-refractivity contribution in [1.29, 1.82) is 5.26 Å². The summed E-state index contributed by atoms with van der Waals surface area (Å²) in [5.74, 6) is 0.371. The minimum Gasteiger partial charge on any atom is -0.497 e. The molecular weight excluding hydrogens is 336 g/mol. The van der Waals surface area contributed by atoms with Gasteiger partial charge >= 0.3 is 0 Å². The average molecular weight is 356 g/mol. The van der Waals surface area contributed by atoms with Crippen molar-refractivity contribution in [2.45, 2.75) is 13.8 Å². The number of rotatable bonds is 4. The Kier molecular flexibility index (Phi) is 5.23. The summed E-state index contributed by atoms with van der Waals surface area (Å²) in [4.78, 5) is 12.5. The minimum absolute atomic E-state index is 0.0582. The quantitative estimate of drug-likeness (QED) is 0.528. The second-order valence-corrected chi connectivity index (χ2v) is 6.41. The molecule has 3 aromatic carbocycles. The summed E-state index contributed by atoms with van der Waals surface area (Å²) in [5, 5.41) is 14.3. The molecule has 134 valence electrons. The van der Waals surface area contributed by atoms with Crippen LogP contribution < -0.4 is 10.1 Å². The third-order valence-electron chi connectivity index (χ3n) is 4.38. The normalized spacial score (nSPS) is 11.1. The molecule has 27 heavy (non-hydrogen) atoms. The molecule has 0 bridgehead atoms. The van der Waals surface area contributed by atoms with Crippen LogP contribution in [0.15, 0.2) is 60.2 Å². The topological polar surface area (TPSA) is 62.1 Å². The van der Waals surface area contributed by atoms with Crippen molar-refractivity contribution in [3.8, 4) is 11.8 Å². The Morgan fingerprint density at radius 3 is 2.48 bits per heavy atom. The molecule has 0 aliphatic carbocycles. The fraction of sp³-hybridized carbons (Fsp3) is 0.130. The zero-order valence-electron chi connectivity index (χ0n) is 15.5. The molecule has 3 aromatic rings. The Morgan fingerprint density at radius 2 is 1.78 bits per heavy atom. The summed E-state index contributed by atoms with van der Waals surface area (Å²) in [7, 11) is 1.63. The number of aryl methyl sites for hydroxylation is 2. The van der Waals surface area contributed by atoms with Crippen LogP contribution in [0.4, 0.5) is 5.69 Å². The van der Waals surface area contributed by atoms with E-state index in [1.807, 2.05) is 74.5 Å². The Hall–Kier alpha value is -3.58. The number of ether oxygens (including phenoxy) is 1. The summed E-state index contributed by atoms with van der Waals surface area (Å²) in [6.07, 6.45) is 1.60. The van der Waals surface area contributed by atoms with Crippen LogP contribution in [0.5, 0.6) is 5.75 Å². The Morgan fingerprint density at radius 1 is 1.04 bits per heavy atom. The van der Waals surface area contributed by atoms with Crippen molar-refractivity contribution in [3.05, 3.63) is 76.9 Å². The highest BCUT2D eigenvalue weighted by molar-refractivity contribution is 6.10. The molecule has 0 aliphatic heterocycles. The number of anilines is 1. The van der Waals surface area contributed by atoms with E-state index in [4.69, 9.17) is 4.74 Å². The van der Waals surface area contributed by atoms with Gasteiger partial charge in [0.2, 0.25) is 0 Å². The van der Waals surface area contributed by atoms with E-state index in [2.05, 4.69) is 5.32 Å². The highest BCUT2D eigenvalue weighted by atomic mass is 16.5. The number of fused-ring (bicyclic) bond motifs is 1. The van der Waals surface area contributed by atoms with Gasteiger partial charge in [-0.25, -0.2) is 0 Å². The molecule has 0 aliphatic rings. The molecule has 0 aromatic heterocycles. The zero-order chi connectivity index (χ0) is 19.4. The van der Waals surface area contributed by atoms with Gasteiger partial charge in [-0.1, -0.05) is 35.9 Å². The van der Waals surface area contributed by atoms with Crippen LogP contribution in [0.25, 0.3) is 16.8 Å². The fourth-order valence-corrected chi connectivity index (χ4v) is 2.92. The summed E-state index contributed by atoms with van der Waals surface area (Å²) in [5.41, 5.74) is 3.63. The van der Waals surface area contributed by atoms with Crippen molar-refractivity contribution in [3.63, 3.8) is 0 Å². The molecular formula is C23H20N2O2. The molecule has 0 saturated carbocycles. The highest BCUT2D eigenvalue weighted by Crippen LogP contribution is 2.23. The maximum atomic E-state index is 12.5. The first-order valence-corrected chi connectivity index (χ1v) is 8.58. The van der Waals surface area contributed by atoms with E-state index >= 15 is 0 Å². The van der Waals surface area contributed by atoms with E-state index in [1.165, 1.54) is 0 Å². The first-order valence-electron chi connectivity index (χ1n) is 8.58. The first-order chi connectivity index (χ1) is 13.0. The number of methoxy groups -OCH3 is 1. The summed E-state index contributed by atoms with van der Waals surface area (Å²) < 4.78 is 5.23. The second kappa shape index (κ2) is 7.76. The van der Waals surface area contributed by atoms with Crippen LogP contribution in [0, 0.1) is 25.2 Å². The van der Waals surface area contributed by atoms with E-state index in [1.54, 1.807) is 13.2 Å². The van der Waals surface area contributed by atoms with Gasteiger partial charge in [0.05, 0.1) is 7.11 Å². The van der Waals surface area contributed by atoms with Gasteiger partial charge in [-0.2, -0.15) is 5.26 Å². The molecule has 1 amide bonds. The monoisotopic (exact) mass is 356 g/mol. The van der Waals surface area contributed by atoms with E-state index in [9.17, 15) is 10.1 Å². The molecule has 0 atom stereocenters. The number of benzene rings is 3. The number of hydrogen-bond acceptors (Lipinski definition) is 3. The molecule has 0 radical (unpaired) electrons. The van der Waals surface area contributed by atoms with Crippen molar-refractivity contribution >= 4 is 28.4 Å². The number of nitriles is 1. The van der Waals surface area contributed by atoms with Crippen molar-refractivity contribution < 1.29 is 9.53 Å². The zero-order valence-corrected chi connectivity index (χ0v) is 15.5. The average Bonchev–Trinajstić information content (AvgIpc) is 2.67. The van der Waals surface area contributed by atoms with Crippen LogP contribution in [0.2, 0.25) is 0 Å². The Labute approximate surface area is 158 Å². The van der Waals surface area contributed by atoms with Crippen LogP contribution >= 0.6 is 0 Å².